The number of hydrogen-bond donors (Lipinski definition) is 3. The first-order valence-electron chi connectivity index (χ1n) is 1.21. The number of nitrogens with zero attached hydrogens (tertiary/aromatic N) is 1. The van der Waals surface area contributed by atoms with E-state index in [1.54, 1.807) is 0 Å². The Labute approximate surface area is 67.8 Å². The second kappa shape index (κ2) is 12.6. The molecule has 0 bridgehead atoms. The molecule has 0 saturated heterocycles. The molecule has 0 rings (SSSR count). The van der Waals surface area contributed by atoms with Crippen LogP contribution in [0.15, 0.2) is 0 Å². The summed E-state index contributed by atoms with van der Waals surface area (Å²) >= 11 is 0. The molecule has 0 fully saturated rings. The third-order valence-electron chi connectivity index (χ3n) is 0. The molecule has 12 heavy (non-hydrogen) atoms. The van der Waals surface area contributed by atoms with Crippen LogP contribution >= 0.6 is 0 Å². The molecule has 0 aromatic carbocycles. The summed E-state index contributed by atoms with van der Waals surface area (Å²) in [5.74, 6) is 0. The molecule has 0 aromatic rings. The Kier molecular flexibility index (Phi) is 32.2. The molecule has 0 spiro atoms. The largest absolute Gasteiger partial charge is 0.759 e. The first-order chi connectivity index (χ1) is 3.73. The molecule has 0 aliphatic heterocycles. The third kappa shape index (κ3) is 513. The van der Waals surface area contributed by atoms with Gasteiger partial charge in [0.25, 0.3) is 0 Å². The first-order valence-corrected chi connectivity index (χ1v) is 2.55. The average Bonchev–Trinajstić information content (AvgIpc) is 1.19. The summed E-state index contributed by atoms with van der Waals surface area (Å²) in [5, 5.41) is 14.8. The second-order valence-electron chi connectivity index (χ2n) is 0.632. The van der Waals surface area contributed by atoms with E-state index in [1.807, 2.05) is 0 Å². The third-order valence-corrected chi connectivity index (χ3v) is 0. The SMILES string of the molecule is O=S(=O)([O-])[O-].O=[N+]([O-])[O-].[NH4+].[NH4+].[NH4+]. The predicted molar refractivity (Wildman–Crippen MR) is 38.8 cm³/mol. The molecule has 0 radical (unpaired) electrons. The summed E-state index contributed by atoms with van der Waals surface area (Å²) in [6, 6.07) is 0. The maximum Gasteiger partial charge on any atom is 0.0689 e. The van der Waals surface area contributed by atoms with Gasteiger partial charge in [-0.15, -0.1) is 0 Å². The van der Waals surface area contributed by atoms with Crippen molar-refractivity contribution in [2.45, 2.75) is 0 Å². The van der Waals surface area contributed by atoms with E-state index in [1.165, 1.54) is 0 Å². The Morgan fingerprint density at radius 3 is 0.917 bits per heavy atom. The van der Waals surface area contributed by atoms with Crippen LogP contribution in [0.4, 0.5) is 0 Å². The zero-order valence-corrected chi connectivity index (χ0v) is 7.53. The van der Waals surface area contributed by atoms with Crippen LogP contribution in [-0.2, 0) is 10.4 Å². The highest BCUT2D eigenvalue weighted by Crippen LogP contribution is 1.57. The lowest BCUT2D eigenvalue weighted by Gasteiger charge is -2.06. The summed E-state index contributed by atoms with van der Waals surface area (Å²) in [7, 11) is -5.17. The fourth-order valence-electron chi connectivity index (χ4n) is 0. The second-order valence-corrected chi connectivity index (χ2v) is 1.45. The lowest BCUT2D eigenvalue weighted by molar-refractivity contribution is -0.402. The van der Waals surface area contributed by atoms with E-state index in [2.05, 4.69) is 0 Å². The molecule has 0 unspecified atom stereocenters. The number of rotatable bonds is 0. The molecule has 0 aromatic heterocycles. The van der Waals surface area contributed by atoms with Crippen molar-refractivity contribution >= 4 is 10.4 Å². The van der Waals surface area contributed by atoms with Crippen molar-refractivity contribution in [1.29, 1.82) is 0 Å². The molecule has 12 heteroatoms. The lowest BCUT2D eigenvalue weighted by Crippen LogP contribution is -1.91. The minimum atomic E-state index is -5.17. The van der Waals surface area contributed by atoms with Crippen LogP contribution in [0.3, 0.4) is 0 Å². The monoisotopic (exact) mass is 212 g/mol. The first kappa shape index (κ1) is 30.6. The Hall–Kier alpha value is -1.05. The van der Waals surface area contributed by atoms with Gasteiger partial charge in [-0.2, -0.15) is 0 Å². The van der Waals surface area contributed by atoms with E-state index in [-0.39, 0.29) is 18.5 Å². The molecule has 0 aliphatic rings. The van der Waals surface area contributed by atoms with Gasteiger partial charge in [0.2, 0.25) is 0 Å². The number of hydrogen-bond acceptors (Lipinski definition) is 7. The van der Waals surface area contributed by atoms with Crippen LogP contribution < -0.4 is 18.5 Å². The molecule has 0 atom stereocenters. The minimum absolute atomic E-state index is 0. The van der Waals surface area contributed by atoms with Gasteiger partial charge < -0.3 is 42.9 Å². The van der Waals surface area contributed by atoms with Gasteiger partial charge in [0.15, 0.2) is 0 Å². The molecular formula is H12N4O7S. The van der Waals surface area contributed by atoms with Crippen molar-refractivity contribution in [3.8, 4) is 0 Å². The van der Waals surface area contributed by atoms with Crippen molar-refractivity contribution in [1.82, 2.24) is 18.5 Å². The topological polar surface area (TPSA) is 256 Å². The highest BCUT2D eigenvalue weighted by molar-refractivity contribution is 7.79. The Bertz CT molecular complexity index is 158. The van der Waals surface area contributed by atoms with Crippen molar-refractivity contribution < 1.29 is 22.6 Å². The van der Waals surface area contributed by atoms with E-state index in [0.717, 1.165) is 0 Å². The summed E-state index contributed by atoms with van der Waals surface area (Å²) in [6.07, 6.45) is 0. The predicted octanol–water partition coefficient (Wildman–Crippen LogP) is -0.448. The fourth-order valence-corrected chi connectivity index (χ4v) is 0. The minimum Gasteiger partial charge on any atom is -0.759 e. The van der Waals surface area contributed by atoms with Gasteiger partial charge in [-0.25, -0.2) is 0 Å². The normalized spacial score (nSPS) is 6.83. The van der Waals surface area contributed by atoms with Gasteiger partial charge in [-0.3, -0.25) is 8.42 Å². The van der Waals surface area contributed by atoms with E-state index in [9.17, 15) is 0 Å². The van der Waals surface area contributed by atoms with Gasteiger partial charge in [0.1, 0.15) is 0 Å². The van der Waals surface area contributed by atoms with E-state index in [4.69, 9.17) is 32.8 Å². The highest BCUT2D eigenvalue weighted by Gasteiger charge is 1.49. The quantitative estimate of drug-likeness (QED) is 0.205. The van der Waals surface area contributed by atoms with Crippen LogP contribution in [-0.4, -0.2) is 22.6 Å². The lowest BCUT2D eigenvalue weighted by atomic mass is 13.1. The van der Waals surface area contributed by atoms with Crippen LogP contribution in [0.1, 0.15) is 0 Å². The molecule has 12 N–H and O–H groups in total. The van der Waals surface area contributed by atoms with E-state index >= 15 is 0 Å². The van der Waals surface area contributed by atoms with Crippen molar-refractivity contribution in [3.05, 3.63) is 15.3 Å². The summed E-state index contributed by atoms with van der Waals surface area (Å²) in [4.78, 5) is 8.25. The van der Waals surface area contributed by atoms with Gasteiger partial charge in [0, 0.05) is 10.4 Å². The number of quaternary nitrogens is 3. The maximum atomic E-state index is 8.52. The van der Waals surface area contributed by atoms with Crippen LogP contribution in [0, 0.1) is 15.3 Å². The zero-order valence-electron chi connectivity index (χ0n) is 6.71. The van der Waals surface area contributed by atoms with Gasteiger partial charge in [-0.1, -0.05) is 0 Å². The molecular weight excluding hydrogens is 200 g/mol. The highest BCUT2D eigenvalue weighted by atomic mass is 32.3. The summed E-state index contributed by atoms with van der Waals surface area (Å²) < 4.78 is 34.1. The summed E-state index contributed by atoms with van der Waals surface area (Å²) in [5.41, 5.74) is 0. The summed E-state index contributed by atoms with van der Waals surface area (Å²) in [6.45, 7) is 0. The molecule has 0 saturated carbocycles. The van der Waals surface area contributed by atoms with Gasteiger partial charge in [-0.05, 0) is 0 Å². The standard InChI is InChI=1S/NO3.3H3N.H2O4S/c2-1(3)4;;;;1-5(2,3)4/h;3*1H3;(H2,1,2,3,4)/q-1;;;;/p+1. The van der Waals surface area contributed by atoms with Crippen molar-refractivity contribution in [2.24, 2.45) is 0 Å². The van der Waals surface area contributed by atoms with Crippen LogP contribution in [0.25, 0.3) is 0 Å². The Balaban J connectivity index is -0.0000000221. The molecule has 0 heterocycles. The molecule has 0 amide bonds. The Morgan fingerprint density at radius 1 is 0.917 bits per heavy atom. The Morgan fingerprint density at radius 2 is 0.917 bits per heavy atom. The molecule has 11 nitrogen and oxygen atoms in total. The maximum absolute atomic E-state index is 8.52. The molecule has 80 valence electrons. The van der Waals surface area contributed by atoms with E-state index in [0.29, 0.717) is 0 Å². The van der Waals surface area contributed by atoms with Crippen LogP contribution in [0.5, 0.6) is 0 Å². The van der Waals surface area contributed by atoms with Gasteiger partial charge in [0.05, 0.1) is 5.09 Å². The zero-order chi connectivity index (χ0) is 8.08. The molecule has 0 aliphatic carbocycles. The van der Waals surface area contributed by atoms with Crippen molar-refractivity contribution in [2.75, 3.05) is 0 Å². The van der Waals surface area contributed by atoms with Crippen molar-refractivity contribution in [3.63, 3.8) is 0 Å². The fraction of sp³-hybridized carbons (Fsp3) is 0. The van der Waals surface area contributed by atoms with E-state index < -0.39 is 15.5 Å². The smallest absolute Gasteiger partial charge is 0.0689 e. The average molecular weight is 212 g/mol. The van der Waals surface area contributed by atoms with Gasteiger partial charge >= 0.3 is 0 Å². The van der Waals surface area contributed by atoms with Crippen LogP contribution in [0.2, 0.25) is 0 Å².